The number of carbonyl (C=O) groups excluding carboxylic acids is 1. The Bertz CT molecular complexity index is 608. The minimum absolute atomic E-state index is 0.118. The zero-order valence-electron chi connectivity index (χ0n) is 10.9. The van der Waals surface area contributed by atoms with E-state index < -0.39 is 9.05 Å². The van der Waals surface area contributed by atoms with Gasteiger partial charge in [0, 0.05) is 24.3 Å². The maximum atomic E-state index is 12.3. The summed E-state index contributed by atoms with van der Waals surface area (Å²) in [7, 11) is 3.16. The van der Waals surface area contributed by atoms with Crippen molar-refractivity contribution in [2.24, 2.45) is 5.92 Å². The molecule has 1 fully saturated rings. The van der Waals surface area contributed by atoms with E-state index in [0.717, 1.165) is 18.4 Å². The second-order valence-electron chi connectivity index (χ2n) is 5.07. The summed E-state index contributed by atoms with van der Waals surface area (Å²) >= 11 is 0. The standard InChI is InChI=1S/C13H16ClNO3S/c1-9-3-6-12(19(14,17)18)11(7-9)13(16)15(2)8-10-4-5-10/h3,6-7,10H,4-5,8H2,1-2H3. The van der Waals surface area contributed by atoms with Gasteiger partial charge < -0.3 is 4.90 Å². The van der Waals surface area contributed by atoms with Crippen LogP contribution in [0.15, 0.2) is 23.1 Å². The Labute approximate surface area is 117 Å². The molecule has 0 unspecified atom stereocenters. The molecular weight excluding hydrogens is 286 g/mol. The third-order valence-corrected chi connectivity index (χ3v) is 4.58. The highest BCUT2D eigenvalue weighted by molar-refractivity contribution is 8.13. The fourth-order valence-electron chi connectivity index (χ4n) is 2.00. The van der Waals surface area contributed by atoms with Crippen molar-refractivity contribution in [1.82, 2.24) is 4.90 Å². The molecule has 1 aromatic carbocycles. The van der Waals surface area contributed by atoms with Gasteiger partial charge in [0.15, 0.2) is 0 Å². The number of nitrogens with zero attached hydrogens (tertiary/aromatic N) is 1. The van der Waals surface area contributed by atoms with Crippen LogP contribution in [-0.4, -0.2) is 32.8 Å². The van der Waals surface area contributed by atoms with Crippen LogP contribution in [0.3, 0.4) is 0 Å². The van der Waals surface area contributed by atoms with Crippen molar-refractivity contribution in [3.05, 3.63) is 29.3 Å². The van der Waals surface area contributed by atoms with Crippen LogP contribution in [0.4, 0.5) is 0 Å². The molecule has 1 aliphatic rings. The topological polar surface area (TPSA) is 54.5 Å². The number of aryl methyl sites for hydroxylation is 1. The van der Waals surface area contributed by atoms with Crippen LogP contribution in [-0.2, 0) is 9.05 Å². The second kappa shape index (κ2) is 5.13. The largest absolute Gasteiger partial charge is 0.341 e. The van der Waals surface area contributed by atoms with E-state index in [1.807, 2.05) is 6.92 Å². The number of carbonyl (C=O) groups is 1. The van der Waals surface area contributed by atoms with E-state index in [1.165, 1.54) is 6.07 Å². The molecule has 0 heterocycles. The van der Waals surface area contributed by atoms with Gasteiger partial charge in [0.2, 0.25) is 0 Å². The Morgan fingerprint density at radius 3 is 2.58 bits per heavy atom. The third kappa shape index (κ3) is 3.48. The zero-order valence-corrected chi connectivity index (χ0v) is 12.5. The van der Waals surface area contributed by atoms with Gasteiger partial charge >= 0.3 is 0 Å². The minimum atomic E-state index is -3.92. The van der Waals surface area contributed by atoms with Gasteiger partial charge in [-0.05, 0) is 37.8 Å². The predicted octanol–water partition coefficient (Wildman–Crippen LogP) is 2.40. The summed E-state index contributed by atoms with van der Waals surface area (Å²) in [6, 6.07) is 4.59. The molecule has 0 atom stereocenters. The number of benzene rings is 1. The average molecular weight is 302 g/mol. The molecule has 0 aromatic heterocycles. The van der Waals surface area contributed by atoms with Crippen molar-refractivity contribution in [1.29, 1.82) is 0 Å². The Morgan fingerprint density at radius 2 is 2.05 bits per heavy atom. The second-order valence-corrected chi connectivity index (χ2v) is 7.60. The smallest absolute Gasteiger partial charge is 0.262 e. The molecule has 0 aliphatic heterocycles. The lowest BCUT2D eigenvalue weighted by Gasteiger charge is -2.18. The van der Waals surface area contributed by atoms with Crippen molar-refractivity contribution in [2.45, 2.75) is 24.7 Å². The molecule has 4 nitrogen and oxygen atoms in total. The highest BCUT2D eigenvalue weighted by Gasteiger charge is 2.28. The number of hydrogen-bond donors (Lipinski definition) is 0. The Balaban J connectivity index is 2.36. The summed E-state index contributed by atoms with van der Waals surface area (Å²) in [6.07, 6.45) is 2.26. The Morgan fingerprint density at radius 1 is 1.42 bits per heavy atom. The van der Waals surface area contributed by atoms with E-state index in [9.17, 15) is 13.2 Å². The molecule has 1 aliphatic carbocycles. The van der Waals surface area contributed by atoms with Crippen molar-refractivity contribution in [3.63, 3.8) is 0 Å². The number of hydrogen-bond acceptors (Lipinski definition) is 3. The first kappa shape index (κ1) is 14.3. The van der Waals surface area contributed by atoms with Gasteiger partial charge in [-0.1, -0.05) is 11.6 Å². The van der Waals surface area contributed by atoms with Gasteiger partial charge in [0.25, 0.3) is 15.0 Å². The summed E-state index contributed by atoms with van der Waals surface area (Å²) in [5, 5.41) is 0. The lowest BCUT2D eigenvalue weighted by atomic mass is 10.1. The first-order chi connectivity index (χ1) is 8.79. The average Bonchev–Trinajstić information content (AvgIpc) is 3.10. The van der Waals surface area contributed by atoms with Crippen LogP contribution < -0.4 is 0 Å². The number of halogens is 1. The minimum Gasteiger partial charge on any atom is -0.341 e. The molecule has 0 bridgehead atoms. The van der Waals surface area contributed by atoms with E-state index in [-0.39, 0.29) is 16.4 Å². The van der Waals surface area contributed by atoms with Gasteiger partial charge in [-0.15, -0.1) is 0 Å². The maximum Gasteiger partial charge on any atom is 0.262 e. The lowest BCUT2D eigenvalue weighted by Crippen LogP contribution is -2.29. The molecule has 19 heavy (non-hydrogen) atoms. The molecule has 6 heteroatoms. The molecule has 0 N–H and O–H groups in total. The summed E-state index contributed by atoms with van der Waals surface area (Å²) in [5.41, 5.74) is 0.977. The van der Waals surface area contributed by atoms with Gasteiger partial charge in [0.1, 0.15) is 0 Å². The summed E-state index contributed by atoms with van der Waals surface area (Å²) in [4.78, 5) is 13.8. The van der Waals surface area contributed by atoms with Crippen LogP contribution in [0.25, 0.3) is 0 Å². The van der Waals surface area contributed by atoms with Gasteiger partial charge in [-0.25, -0.2) is 8.42 Å². The van der Waals surface area contributed by atoms with Crippen molar-refractivity contribution in [2.75, 3.05) is 13.6 Å². The molecule has 1 aromatic rings. The normalized spacial score (nSPS) is 15.3. The van der Waals surface area contributed by atoms with Gasteiger partial charge in [0.05, 0.1) is 10.5 Å². The Kier molecular flexibility index (Phi) is 3.87. The zero-order chi connectivity index (χ0) is 14.2. The van der Waals surface area contributed by atoms with Crippen LogP contribution in [0, 0.1) is 12.8 Å². The molecular formula is C13H16ClNO3S. The molecule has 1 saturated carbocycles. The molecule has 0 spiro atoms. The monoisotopic (exact) mass is 301 g/mol. The van der Waals surface area contributed by atoms with E-state index in [0.29, 0.717) is 12.5 Å². The molecule has 0 saturated heterocycles. The maximum absolute atomic E-state index is 12.3. The summed E-state index contributed by atoms with van der Waals surface area (Å²) in [5.74, 6) is 0.254. The van der Waals surface area contributed by atoms with Gasteiger partial charge in [-0.3, -0.25) is 4.79 Å². The summed E-state index contributed by atoms with van der Waals surface area (Å²) in [6.45, 7) is 2.47. The van der Waals surface area contributed by atoms with Gasteiger partial charge in [-0.2, -0.15) is 0 Å². The van der Waals surface area contributed by atoms with Crippen LogP contribution in [0.5, 0.6) is 0 Å². The number of rotatable bonds is 4. The fraction of sp³-hybridized carbons (Fsp3) is 0.462. The van der Waals surface area contributed by atoms with E-state index in [4.69, 9.17) is 10.7 Å². The van der Waals surface area contributed by atoms with Crippen LogP contribution >= 0.6 is 10.7 Å². The molecule has 104 valence electrons. The molecule has 1 amide bonds. The van der Waals surface area contributed by atoms with Crippen molar-refractivity contribution in [3.8, 4) is 0 Å². The molecule has 0 radical (unpaired) electrons. The highest BCUT2D eigenvalue weighted by atomic mass is 35.7. The van der Waals surface area contributed by atoms with Crippen molar-refractivity contribution >= 4 is 25.6 Å². The van der Waals surface area contributed by atoms with Crippen molar-refractivity contribution < 1.29 is 13.2 Å². The molecule has 2 rings (SSSR count). The highest BCUT2D eigenvalue weighted by Crippen LogP contribution is 2.30. The third-order valence-electron chi connectivity index (χ3n) is 3.20. The Hall–Kier alpha value is -1.07. The van der Waals surface area contributed by atoms with E-state index in [1.54, 1.807) is 24.1 Å². The van der Waals surface area contributed by atoms with E-state index in [2.05, 4.69) is 0 Å². The SMILES string of the molecule is Cc1ccc(S(=O)(=O)Cl)c(C(=O)N(C)CC2CC2)c1. The summed E-state index contributed by atoms with van der Waals surface area (Å²) < 4.78 is 23.0. The predicted molar refractivity (Wildman–Crippen MR) is 73.9 cm³/mol. The lowest BCUT2D eigenvalue weighted by molar-refractivity contribution is 0.0785. The first-order valence-electron chi connectivity index (χ1n) is 6.10. The quantitative estimate of drug-likeness (QED) is 0.803. The number of amides is 1. The van der Waals surface area contributed by atoms with E-state index >= 15 is 0 Å². The van der Waals surface area contributed by atoms with Crippen LogP contribution in [0.1, 0.15) is 28.8 Å². The van der Waals surface area contributed by atoms with Crippen LogP contribution in [0.2, 0.25) is 0 Å². The fourth-order valence-corrected chi connectivity index (χ4v) is 3.04. The first-order valence-corrected chi connectivity index (χ1v) is 8.41.